The standard InChI is InChI=1S/C17H23FN4S.HI/c1-4-19-17(21-10-16-13(3)22-11-23-16)20-8-7-14-5-6-15(18)9-12(14)2;/h5-6,9,11H,4,7-8,10H2,1-3H3,(H2,19,20,21);1H. The Morgan fingerprint density at radius 3 is 2.71 bits per heavy atom. The molecule has 132 valence electrons. The van der Waals surface area contributed by atoms with Gasteiger partial charge in [-0.2, -0.15) is 0 Å². The average Bonchev–Trinajstić information content (AvgIpc) is 2.92. The van der Waals surface area contributed by atoms with Crippen LogP contribution in [0, 0.1) is 19.7 Å². The van der Waals surface area contributed by atoms with Gasteiger partial charge in [-0.1, -0.05) is 6.07 Å². The van der Waals surface area contributed by atoms with E-state index in [4.69, 9.17) is 0 Å². The van der Waals surface area contributed by atoms with E-state index in [9.17, 15) is 4.39 Å². The quantitative estimate of drug-likeness (QED) is 0.390. The van der Waals surface area contributed by atoms with Gasteiger partial charge in [0.05, 0.1) is 17.7 Å². The van der Waals surface area contributed by atoms with Crippen LogP contribution >= 0.6 is 35.3 Å². The van der Waals surface area contributed by atoms with Gasteiger partial charge in [0.15, 0.2) is 5.96 Å². The first-order valence-electron chi connectivity index (χ1n) is 7.76. The molecule has 7 heteroatoms. The van der Waals surface area contributed by atoms with Gasteiger partial charge >= 0.3 is 0 Å². The Morgan fingerprint density at radius 2 is 2.08 bits per heavy atom. The number of aliphatic imine (C=N–C) groups is 1. The summed E-state index contributed by atoms with van der Waals surface area (Å²) in [6, 6.07) is 4.92. The predicted octanol–water partition coefficient (Wildman–Crippen LogP) is 3.81. The number of thiazole rings is 1. The summed E-state index contributed by atoms with van der Waals surface area (Å²) in [5.74, 6) is 0.606. The van der Waals surface area contributed by atoms with Crippen molar-refractivity contribution in [3.8, 4) is 0 Å². The van der Waals surface area contributed by atoms with E-state index in [-0.39, 0.29) is 29.8 Å². The number of guanidine groups is 1. The maximum absolute atomic E-state index is 13.1. The van der Waals surface area contributed by atoms with Crippen LogP contribution in [-0.4, -0.2) is 24.0 Å². The molecule has 2 N–H and O–H groups in total. The Kier molecular flexibility index (Phi) is 9.20. The van der Waals surface area contributed by atoms with Crippen LogP contribution in [0.15, 0.2) is 28.7 Å². The van der Waals surface area contributed by atoms with Crippen molar-refractivity contribution in [2.75, 3.05) is 13.1 Å². The zero-order valence-electron chi connectivity index (χ0n) is 14.2. The maximum atomic E-state index is 13.1. The lowest BCUT2D eigenvalue weighted by Crippen LogP contribution is -2.38. The van der Waals surface area contributed by atoms with Gasteiger partial charge in [0.1, 0.15) is 5.82 Å². The number of aryl methyl sites for hydroxylation is 2. The fourth-order valence-electron chi connectivity index (χ4n) is 2.23. The molecule has 0 atom stereocenters. The number of nitrogens with zero attached hydrogens (tertiary/aromatic N) is 2. The summed E-state index contributed by atoms with van der Waals surface area (Å²) < 4.78 is 13.1. The molecule has 0 saturated heterocycles. The third kappa shape index (κ3) is 6.35. The van der Waals surface area contributed by atoms with Gasteiger partial charge in [-0.15, -0.1) is 35.3 Å². The molecule has 0 spiro atoms. The van der Waals surface area contributed by atoms with E-state index in [0.717, 1.165) is 42.3 Å². The molecule has 0 aliphatic carbocycles. The van der Waals surface area contributed by atoms with Crippen molar-refractivity contribution in [1.29, 1.82) is 0 Å². The van der Waals surface area contributed by atoms with E-state index in [0.29, 0.717) is 6.54 Å². The minimum absolute atomic E-state index is 0. The first-order chi connectivity index (χ1) is 11.1. The van der Waals surface area contributed by atoms with Crippen LogP contribution < -0.4 is 10.6 Å². The maximum Gasteiger partial charge on any atom is 0.191 e. The molecular formula is C17H24FIN4S. The lowest BCUT2D eigenvalue weighted by Gasteiger charge is -2.12. The second-order valence-electron chi connectivity index (χ2n) is 5.30. The highest BCUT2D eigenvalue weighted by Gasteiger charge is 2.03. The molecule has 1 aromatic heterocycles. The molecule has 0 saturated carbocycles. The molecule has 0 aliphatic rings. The largest absolute Gasteiger partial charge is 0.357 e. The molecule has 0 bridgehead atoms. The highest BCUT2D eigenvalue weighted by molar-refractivity contribution is 14.0. The van der Waals surface area contributed by atoms with Crippen LogP contribution in [0.1, 0.15) is 28.6 Å². The molecule has 24 heavy (non-hydrogen) atoms. The van der Waals surface area contributed by atoms with E-state index in [1.807, 2.05) is 32.3 Å². The highest BCUT2D eigenvalue weighted by Crippen LogP contribution is 2.13. The number of rotatable bonds is 6. The zero-order valence-corrected chi connectivity index (χ0v) is 17.4. The molecule has 0 aliphatic heterocycles. The third-order valence-corrected chi connectivity index (χ3v) is 4.48. The number of benzene rings is 1. The summed E-state index contributed by atoms with van der Waals surface area (Å²) in [6.45, 7) is 8.16. The van der Waals surface area contributed by atoms with Gasteiger partial charge in [0, 0.05) is 18.0 Å². The van der Waals surface area contributed by atoms with Gasteiger partial charge in [-0.05, 0) is 50.5 Å². The van der Waals surface area contributed by atoms with Gasteiger partial charge in [-0.3, -0.25) is 0 Å². The normalized spacial score (nSPS) is 11.1. The van der Waals surface area contributed by atoms with Crippen molar-refractivity contribution >= 4 is 41.3 Å². The van der Waals surface area contributed by atoms with Gasteiger partial charge in [0.2, 0.25) is 0 Å². The molecule has 0 radical (unpaired) electrons. The molecule has 1 aromatic carbocycles. The van der Waals surface area contributed by atoms with E-state index in [1.54, 1.807) is 17.4 Å². The molecule has 0 amide bonds. The van der Waals surface area contributed by atoms with E-state index >= 15 is 0 Å². The molecule has 0 fully saturated rings. The lowest BCUT2D eigenvalue weighted by molar-refractivity contribution is 0.625. The Bertz CT molecular complexity index is 672. The number of hydrogen-bond donors (Lipinski definition) is 2. The second kappa shape index (κ2) is 10.6. The van der Waals surface area contributed by atoms with Crippen molar-refractivity contribution in [2.24, 2.45) is 4.99 Å². The number of nitrogens with one attached hydrogen (secondary N) is 2. The van der Waals surface area contributed by atoms with Crippen LogP contribution in [0.25, 0.3) is 0 Å². The number of hydrogen-bond acceptors (Lipinski definition) is 3. The summed E-state index contributed by atoms with van der Waals surface area (Å²) in [6.07, 6.45) is 0.829. The minimum Gasteiger partial charge on any atom is -0.357 e. The summed E-state index contributed by atoms with van der Waals surface area (Å²) in [5.41, 5.74) is 5.01. The topological polar surface area (TPSA) is 49.3 Å². The van der Waals surface area contributed by atoms with Crippen LogP contribution in [0.4, 0.5) is 4.39 Å². The number of halogens is 2. The minimum atomic E-state index is -0.186. The van der Waals surface area contributed by atoms with Crippen molar-refractivity contribution in [2.45, 2.75) is 33.7 Å². The number of aromatic nitrogens is 1. The second-order valence-corrected chi connectivity index (χ2v) is 6.24. The SMILES string of the molecule is CCNC(=NCc1scnc1C)NCCc1ccc(F)cc1C.I. The first-order valence-corrected chi connectivity index (χ1v) is 8.64. The Balaban J connectivity index is 0.00000288. The Labute approximate surface area is 164 Å². The van der Waals surface area contributed by atoms with Crippen molar-refractivity contribution in [1.82, 2.24) is 15.6 Å². The van der Waals surface area contributed by atoms with Gasteiger partial charge in [0.25, 0.3) is 0 Å². The predicted molar refractivity (Wildman–Crippen MR) is 110 cm³/mol. The Hall–Kier alpha value is -1.22. The van der Waals surface area contributed by atoms with Crippen LogP contribution in [0.2, 0.25) is 0 Å². The van der Waals surface area contributed by atoms with E-state index in [1.165, 1.54) is 10.9 Å². The summed E-state index contributed by atoms with van der Waals surface area (Å²) in [4.78, 5) is 10.0. The Morgan fingerprint density at radius 1 is 1.29 bits per heavy atom. The van der Waals surface area contributed by atoms with Gasteiger partial charge < -0.3 is 10.6 Å². The molecule has 1 heterocycles. The first kappa shape index (κ1) is 20.8. The van der Waals surface area contributed by atoms with Crippen LogP contribution in [-0.2, 0) is 13.0 Å². The fourth-order valence-corrected chi connectivity index (χ4v) is 2.93. The molecule has 4 nitrogen and oxygen atoms in total. The molecule has 2 aromatic rings. The monoisotopic (exact) mass is 462 g/mol. The average molecular weight is 462 g/mol. The van der Waals surface area contributed by atoms with Crippen molar-refractivity contribution in [3.63, 3.8) is 0 Å². The van der Waals surface area contributed by atoms with Gasteiger partial charge in [-0.25, -0.2) is 14.4 Å². The summed E-state index contributed by atoms with van der Waals surface area (Å²) in [7, 11) is 0. The van der Waals surface area contributed by atoms with Crippen LogP contribution in [0.5, 0.6) is 0 Å². The smallest absolute Gasteiger partial charge is 0.191 e. The third-order valence-electron chi connectivity index (χ3n) is 3.56. The molecular weight excluding hydrogens is 438 g/mol. The van der Waals surface area contributed by atoms with E-state index < -0.39 is 0 Å². The van der Waals surface area contributed by atoms with E-state index in [2.05, 4.69) is 20.6 Å². The fraction of sp³-hybridized carbons (Fsp3) is 0.412. The molecule has 2 rings (SSSR count). The highest BCUT2D eigenvalue weighted by atomic mass is 127. The van der Waals surface area contributed by atoms with Crippen molar-refractivity contribution in [3.05, 3.63) is 51.2 Å². The summed E-state index contributed by atoms with van der Waals surface area (Å²) in [5, 5.41) is 6.56. The lowest BCUT2D eigenvalue weighted by atomic mass is 10.1. The zero-order chi connectivity index (χ0) is 16.7. The van der Waals surface area contributed by atoms with Crippen LogP contribution in [0.3, 0.4) is 0 Å². The molecule has 0 unspecified atom stereocenters. The summed E-state index contributed by atoms with van der Waals surface area (Å²) >= 11 is 1.62. The van der Waals surface area contributed by atoms with Crippen molar-refractivity contribution < 1.29 is 4.39 Å².